The van der Waals surface area contributed by atoms with Gasteiger partial charge in [0.25, 0.3) is 0 Å². The summed E-state index contributed by atoms with van der Waals surface area (Å²) in [5.74, 6) is 0.239. The van der Waals surface area contributed by atoms with Gasteiger partial charge >= 0.3 is 0 Å². The van der Waals surface area contributed by atoms with Gasteiger partial charge in [0, 0.05) is 25.4 Å². The number of amides is 1. The largest absolute Gasteiger partial charge is 0.508 e. The number of phenolic OH excluding ortho intramolecular Hbond substituents is 2. The van der Waals surface area contributed by atoms with Gasteiger partial charge in [-0.25, -0.2) is 0 Å². The van der Waals surface area contributed by atoms with E-state index in [1.807, 2.05) is 32.0 Å². The average Bonchev–Trinajstić information content (AvgIpc) is 2.52. The van der Waals surface area contributed by atoms with E-state index in [4.69, 9.17) is 0 Å². The van der Waals surface area contributed by atoms with Gasteiger partial charge < -0.3 is 15.1 Å². The van der Waals surface area contributed by atoms with E-state index in [2.05, 4.69) is 0 Å². The van der Waals surface area contributed by atoms with Crippen molar-refractivity contribution in [3.05, 3.63) is 59.7 Å². The van der Waals surface area contributed by atoms with Gasteiger partial charge in [-0.2, -0.15) is 0 Å². The topological polar surface area (TPSA) is 60.8 Å². The molecule has 2 aromatic rings. The normalized spacial score (nSPS) is 12.2. The molecular formula is C19H23NO3. The number of hydrogen-bond acceptors (Lipinski definition) is 3. The molecule has 0 spiro atoms. The van der Waals surface area contributed by atoms with Crippen molar-refractivity contribution in [2.75, 3.05) is 7.05 Å². The molecule has 0 unspecified atom stereocenters. The molecule has 0 heterocycles. The van der Waals surface area contributed by atoms with E-state index in [1.54, 1.807) is 42.3 Å². The van der Waals surface area contributed by atoms with Crippen molar-refractivity contribution < 1.29 is 15.0 Å². The fraction of sp³-hybridized carbons (Fsp3) is 0.316. The van der Waals surface area contributed by atoms with E-state index in [0.717, 1.165) is 11.1 Å². The lowest BCUT2D eigenvalue weighted by Gasteiger charge is -2.25. The first-order chi connectivity index (χ1) is 10.9. The van der Waals surface area contributed by atoms with Crippen LogP contribution in [0.4, 0.5) is 0 Å². The molecule has 0 aromatic heterocycles. The summed E-state index contributed by atoms with van der Waals surface area (Å²) in [6, 6.07) is 13.9. The van der Waals surface area contributed by atoms with Crippen LogP contribution in [0.2, 0.25) is 0 Å². The summed E-state index contributed by atoms with van der Waals surface area (Å²) in [6.07, 6.45) is 0.308. The molecule has 0 saturated heterocycles. The molecule has 4 heteroatoms. The number of rotatable bonds is 5. The Labute approximate surface area is 137 Å². The summed E-state index contributed by atoms with van der Waals surface area (Å²) in [6.45, 7) is 3.95. The highest BCUT2D eigenvalue weighted by atomic mass is 16.3. The lowest BCUT2D eigenvalue weighted by Crippen LogP contribution is -2.34. The zero-order valence-electron chi connectivity index (χ0n) is 13.7. The Hall–Kier alpha value is -2.49. The van der Waals surface area contributed by atoms with Crippen molar-refractivity contribution in [2.24, 2.45) is 0 Å². The van der Waals surface area contributed by atoms with Gasteiger partial charge in [-0.3, -0.25) is 4.79 Å². The van der Waals surface area contributed by atoms with Gasteiger partial charge in [0.05, 0.1) is 0 Å². The van der Waals surface area contributed by atoms with E-state index in [9.17, 15) is 15.0 Å². The summed E-state index contributed by atoms with van der Waals surface area (Å²) in [7, 11) is 1.79. The van der Waals surface area contributed by atoms with Gasteiger partial charge in [-0.1, -0.05) is 24.3 Å². The predicted octanol–water partition coefficient (Wildman–Crippen LogP) is 3.49. The predicted molar refractivity (Wildman–Crippen MR) is 90.6 cm³/mol. The Morgan fingerprint density at radius 3 is 2.22 bits per heavy atom. The second-order valence-corrected chi connectivity index (χ2v) is 6.04. The lowest BCUT2D eigenvalue weighted by molar-refractivity contribution is -0.131. The Balaban J connectivity index is 2.35. The minimum atomic E-state index is -0.170. The zero-order chi connectivity index (χ0) is 17.0. The molecule has 0 fully saturated rings. The number of benzene rings is 2. The van der Waals surface area contributed by atoms with Crippen molar-refractivity contribution in [2.45, 2.75) is 32.2 Å². The van der Waals surface area contributed by atoms with E-state index in [-0.39, 0.29) is 29.4 Å². The molecule has 0 saturated carbocycles. The molecule has 0 aliphatic rings. The Morgan fingerprint density at radius 2 is 1.65 bits per heavy atom. The maximum atomic E-state index is 12.5. The second kappa shape index (κ2) is 7.18. The van der Waals surface area contributed by atoms with Crippen molar-refractivity contribution in [3.8, 4) is 11.5 Å². The zero-order valence-corrected chi connectivity index (χ0v) is 13.7. The van der Waals surface area contributed by atoms with Crippen LogP contribution in [0, 0.1) is 0 Å². The van der Waals surface area contributed by atoms with Crippen molar-refractivity contribution in [1.29, 1.82) is 0 Å². The molecule has 2 rings (SSSR count). The summed E-state index contributed by atoms with van der Waals surface area (Å²) < 4.78 is 0. The molecule has 4 nitrogen and oxygen atoms in total. The number of carbonyl (C=O) groups is 1. The smallest absolute Gasteiger partial charge is 0.223 e. The van der Waals surface area contributed by atoms with Crippen molar-refractivity contribution in [1.82, 2.24) is 4.90 Å². The van der Waals surface area contributed by atoms with Crippen LogP contribution in [-0.2, 0) is 4.79 Å². The summed E-state index contributed by atoms with van der Waals surface area (Å²) in [5.41, 5.74) is 1.81. The third-order valence-corrected chi connectivity index (χ3v) is 4.11. The Morgan fingerprint density at radius 1 is 1.00 bits per heavy atom. The first-order valence-corrected chi connectivity index (χ1v) is 7.72. The lowest BCUT2D eigenvalue weighted by atomic mass is 9.88. The minimum absolute atomic E-state index is 0.0430. The summed E-state index contributed by atoms with van der Waals surface area (Å²) in [5, 5.41) is 19.2. The average molecular weight is 313 g/mol. The maximum absolute atomic E-state index is 12.5. The van der Waals surface area contributed by atoms with Gasteiger partial charge in [-0.15, -0.1) is 0 Å². The molecular weight excluding hydrogens is 290 g/mol. The van der Waals surface area contributed by atoms with Gasteiger partial charge in [0.2, 0.25) is 5.91 Å². The Bertz CT molecular complexity index is 665. The maximum Gasteiger partial charge on any atom is 0.223 e. The van der Waals surface area contributed by atoms with Gasteiger partial charge in [-0.05, 0) is 49.2 Å². The van der Waals surface area contributed by atoms with Crippen LogP contribution in [0.5, 0.6) is 11.5 Å². The molecule has 23 heavy (non-hydrogen) atoms. The summed E-state index contributed by atoms with van der Waals surface area (Å²) >= 11 is 0. The van der Waals surface area contributed by atoms with Crippen LogP contribution in [0.15, 0.2) is 48.5 Å². The van der Waals surface area contributed by atoms with Crippen LogP contribution in [-0.4, -0.2) is 34.1 Å². The highest BCUT2D eigenvalue weighted by Gasteiger charge is 2.22. The highest BCUT2D eigenvalue weighted by Crippen LogP contribution is 2.31. The van der Waals surface area contributed by atoms with E-state index < -0.39 is 0 Å². The standard InChI is InChI=1S/C19H23NO3/c1-13(2)20(3)19(23)12-18(14-7-9-16(21)10-8-14)15-5-4-6-17(22)11-15/h4-11,13,18,21-22H,12H2,1-3H3/t18-/m1/s1. The number of nitrogens with zero attached hydrogens (tertiary/aromatic N) is 1. The third kappa shape index (κ3) is 4.25. The quantitative estimate of drug-likeness (QED) is 0.888. The number of phenols is 2. The van der Waals surface area contributed by atoms with Crippen molar-refractivity contribution in [3.63, 3.8) is 0 Å². The number of carbonyl (C=O) groups excluding carboxylic acids is 1. The van der Waals surface area contributed by atoms with Crippen LogP contribution in [0.1, 0.15) is 37.3 Å². The highest BCUT2D eigenvalue weighted by molar-refractivity contribution is 5.77. The molecule has 0 bridgehead atoms. The van der Waals surface area contributed by atoms with E-state index in [1.165, 1.54) is 0 Å². The first kappa shape index (κ1) is 16.9. The first-order valence-electron chi connectivity index (χ1n) is 7.72. The third-order valence-electron chi connectivity index (χ3n) is 4.11. The molecule has 0 aliphatic heterocycles. The van der Waals surface area contributed by atoms with Gasteiger partial charge in [0.15, 0.2) is 0 Å². The number of hydrogen-bond donors (Lipinski definition) is 2. The molecule has 2 aromatic carbocycles. The second-order valence-electron chi connectivity index (χ2n) is 6.04. The Kier molecular flexibility index (Phi) is 5.27. The van der Waals surface area contributed by atoms with Crippen LogP contribution >= 0.6 is 0 Å². The SMILES string of the molecule is CC(C)N(C)C(=O)C[C@H](c1ccc(O)cc1)c1cccc(O)c1. The molecule has 0 radical (unpaired) electrons. The molecule has 2 N–H and O–H groups in total. The van der Waals surface area contributed by atoms with Crippen LogP contribution in [0.25, 0.3) is 0 Å². The summed E-state index contributed by atoms with van der Waals surface area (Å²) in [4.78, 5) is 14.2. The fourth-order valence-corrected chi connectivity index (χ4v) is 2.48. The molecule has 0 aliphatic carbocycles. The molecule has 1 atom stereocenters. The number of aromatic hydroxyl groups is 2. The molecule has 122 valence electrons. The monoisotopic (exact) mass is 313 g/mol. The minimum Gasteiger partial charge on any atom is -0.508 e. The molecule has 1 amide bonds. The van der Waals surface area contributed by atoms with Gasteiger partial charge in [0.1, 0.15) is 11.5 Å². The van der Waals surface area contributed by atoms with E-state index >= 15 is 0 Å². The van der Waals surface area contributed by atoms with Crippen LogP contribution in [0.3, 0.4) is 0 Å². The van der Waals surface area contributed by atoms with Crippen molar-refractivity contribution >= 4 is 5.91 Å². The van der Waals surface area contributed by atoms with E-state index in [0.29, 0.717) is 6.42 Å². The van der Waals surface area contributed by atoms with Crippen LogP contribution < -0.4 is 0 Å². The fourth-order valence-electron chi connectivity index (χ4n) is 2.48.